The van der Waals surface area contributed by atoms with Gasteiger partial charge in [-0.25, -0.2) is 4.79 Å². The first-order chi connectivity index (χ1) is 13.0. The summed E-state index contributed by atoms with van der Waals surface area (Å²) >= 11 is 0. The van der Waals surface area contributed by atoms with Crippen LogP contribution in [-0.4, -0.2) is 47.6 Å². The highest BCUT2D eigenvalue weighted by atomic mass is 16.6. The molecule has 2 aliphatic heterocycles. The molecular formula is C22H34O6. The van der Waals surface area contributed by atoms with Crippen molar-refractivity contribution in [1.82, 2.24) is 0 Å². The third kappa shape index (κ3) is 4.13. The van der Waals surface area contributed by atoms with E-state index < -0.39 is 12.2 Å². The molecule has 6 heteroatoms. The number of allylic oxidation sites excluding steroid dienone is 1. The minimum absolute atomic E-state index is 0.127. The van der Waals surface area contributed by atoms with Gasteiger partial charge in [0.15, 0.2) is 0 Å². The molecule has 6 nitrogen and oxygen atoms in total. The van der Waals surface area contributed by atoms with Gasteiger partial charge >= 0.3 is 11.9 Å². The zero-order valence-corrected chi connectivity index (χ0v) is 18.1. The number of carbonyl (C=O) groups excluding carboxylic acids is 2. The van der Waals surface area contributed by atoms with Crippen LogP contribution < -0.4 is 0 Å². The van der Waals surface area contributed by atoms with E-state index in [0.717, 1.165) is 12.8 Å². The summed E-state index contributed by atoms with van der Waals surface area (Å²) in [5.74, 6) is -0.727. The fourth-order valence-corrected chi connectivity index (χ4v) is 4.68. The van der Waals surface area contributed by atoms with Gasteiger partial charge in [0.2, 0.25) is 0 Å². The molecule has 3 aliphatic rings. The monoisotopic (exact) mass is 394 g/mol. The molecule has 0 bridgehead atoms. The third-order valence-corrected chi connectivity index (χ3v) is 6.68. The van der Waals surface area contributed by atoms with Crippen molar-refractivity contribution in [2.75, 3.05) is 0 Å². The van der Waals surface area contributed by atoms with Gasteiger partial charge in [-0.2, -0.15) is 0 Å². The summed E-state index contributed by atoms with van der Waals surface area (Å²) in [7, 11) is 0. The Morgan fingerprint density at radius 3 is 2.36 bits per heavy atom. The number of rotatable bonds is 4. The lowest BCUT2D eigenvalue weighted by Gasteiger charge is -2.36. The molecule has 2 saturated heterocycles. The highest BCUT2D eigenvalue weighted by molar-refractivity contribution is 5.87. The van der Waals surface area contributed by atoms with Gasteiger partial charge in [-0.15, -0.1) is 0 Å². The Hall–Kier alpha value is -1.40. The number of epoxide rings is 2. The summed E-state index contributed by atoms with van der Waals surface area (Å²) < 4.78 is 23.9. The molecule has 158 valence electrons. The Balaban J connectivity index is 1.96. The number of fused-ring (bicyclic) bond motifs is 2. The molecule has 1 saturated carbocycles. The standard InChI is InChI=1S/C22H34O6/c1-8-13(4)20(24)26-15-11-22(7)16(27-22)9-10-21(6)19(28-21)18(25-14(5)23)17(15)12(2)3/h8,12,15-19H,9-11H2,1-7H3. The molecule has 3 fully saturated rings. The first kappa shape index (κ1) is 21.3. The lowest BCUT2D eigenvalue weighted by molar-refractivity contribution is -0.163. The largest absolute Gasteiger partial charge is 0.459 e. The van der Waals surface area contributed by atoms with Crippen LogP contribution in [0.3, 0.4) is 0 Å². The van der Waals surface area contributed by atoms with Gasteiger partial charge in [-0.3, -0.25) is 4.79 Å². The second kappa shape index (κ2) is 7.45. The van der Waals surface area contributed by atoms with Gasteiger partial charge in [0.1, 0.15) is 18.3 Å². The highest BCUT2D eigenvalue weighted by Crippen LogP contribution is 2.53. The molecule has 0 N–H and O–H groups in total. The van der Waals surface area contributed by atoms with Crippen LogP contribution in [0.25, 0.3) is 0 Å². The lowest BCUT2D eigenvalue weighted by Crippen LogP contribution is -2.47. The van der Waals surface area contributed by atoms with E-state index in [1.165, 1.54) is 6.92 Å². The maximum absolute atomic E-state index is 12.6. The number of hydrogen-bond donors (Lipinski definition) is 0. The van der Waals surface area contributed by atoms with Crippen LogP contribution in [-0.2, 0) is 28.5 Å². The lowest BCUT2D eigenvalue weighted by atomic mass is 9.76. The third-order valence-electron chi connectivity index (χ3n) is 6.68. The summed E-state index contributed by atoms with van der Waals surface area (Å²) in [4.78, 5) is 24.5. The second-order valence-electron chi connectivity index (χ2n) is 9.32. The van der Waals surface area contributed by atoms with Gasteiger partial charge in [0.25, 0.3) is 0 Å². The molecule has 0 radical (unpaired) electrons. The van der Waals surface area contributed by atoms with Gasteiger partial charge in [-0.05, 0) is 46.5 Å². The normalized spacial score (nSPS) is 42.9. The smallest absolute Gasteiger partial charge is 0.333 e. The molecule has 0 aromatic carbocycles. The molecule has 7 unspecified atom stereocenters. The molecule has 0 amide bonds. The van der Waals surface area contributed by atoms with Crippen molar-refractivity contribution in [2.45, 2.75) is 103 Å². The fourth-order valence-electron chi connectivity index (χ4n) is 4.68. The van der Waals surface area contributed by atoms with Gasteiger partial charge in [0, 0.05) is 24.8 Å². The Morgan fingerprint density at radius 1 is 1.11 bits per heavy atom. The van der Waals surface area contributed by atoms with E-state index in [-0.39, 0.29) is 47.2 Å². The minimum atomic E-state index is -0.454. The summed E-state index contributed by atoms with van der Waals surface area (Å²) in [5.41, 5.74) is -0.0824. The van der Waals surface area contributed by atoms with E-state index >= 15 is 0 Å². The summed E-state index contributed by atoms with van der Waals surface area (Å²) in [6.07, 6.45) is 3.17. The fraction of sp³-hybridized carbons (Fsp3) is 0.818. The Bertz CT molecular complexity index is 670. The summed E-state index contributed by atoms with van der Waals surface area (Å²) in [5, 5.41) is 0. The van der Waals surface area contributed by atoms with Crippen LogP contribution in [0.2, 0.25) is 0 Å². The Morgan fingerprint density at radius 2 is 1.79 bits per heavy atom. The van der Waals surface area contributed by atoms with Gasteiger partial charge < -0.3 is 18.9 Å². The average molecular weight is 395 g/mol. The van der Waals surface area contributed by atoms with Crippen LogP contribution in [0, 0.1) is 11.8 Å². The van der Waals surface area contributed by atoms with E-state index in [1.54, 1.807) is 13.0 Å². The summed E-state index contributed by atoms with van der Waals surface area (Å²) in [6.45, 7) is 13.3. The zero-order chi connectivity index (χ0) is 20.9. The highest BCUT2D eigenvalue weighted by Gasteiger charge is 2.64. The molecular weight excluding hydrogens is 360 g/mol. The van der Waals surface area contributed by atoms with Crippen LogP contribution in [0.1, 0.15) is 67.7 Å². The zero-order valence-electron chi connectivity index (χ0n) is 18.1. The first-order valence-corrected chi connectivity index (χ1v) is 10.4. The molecule has 3 rings (SSSR count). The van der Waals surface area contributed by atoms with Crippen molar-refractivity contribution in [3.8, 4) is 0 Å². The topological polar surface area (TPSA) is 77.7 Å². The van der Waals surface area contributed by atoms with Gasteiger partial charge in [-0.1, -0.05) is 19.9 Å². The van der Waals surface area contributed by atoms with Crippen molar-refractivity contribution < 1.29 is 28.5 Å². The second-order valence-corrected chi connectivity index (χ2v) is 9.32. The predicted octanol–water partition coefficient (Wildman–Crippen LogP) is 3.57. The van der Waals surface area contributed by atoms with Crippen LogP contribution >= 0.6 is 0 Å². The molecule has 28 heavy (non-hydrogen) atoms. The van der Waals surface area contributed by atoms with Crippen LogP contribution in [0.4, 0.5) is 0 Å². The number of ether oxygens (including phenoxy) is 4. The van der Waals surface area contributed by atoms with E-state index in [0.29, 0.717) is 12.0 Å². The van der Waals surface area contributed by atoms with Crippen molar-refractivity contribution in [3.05, 3.63) is 11.6 Å². The SMILES string of the molecule is CC=C(C)C(=O)OC1CC2(C)OC2CCC2(C)OC2C(OC(C)=O)C1C(C)C. The van der Waals surface area contributed by atoms with Gasteiger partial charge in [0.05, 0.1) is 17.3 Å². The molecule has 0 aromatic rings. The molecule has 0 spiro atoms. The molecule has 0 aromatic heterocycles. The minimum Gasteiger partial charge on any atom is -0.459 e. The Kier molecular flexibility index (Phi) is 5.67. The predicted molar refractivity (Wildman–Crippen MR) is 104 cm³/mol. The van der Waals surface area contributed by atoms with E-state index in [1.807, 2.05) is 6.92 Å². The van der Waals surface area contributed by atoms with Crippen LogP contribution in [0.5, 0.6) is 0 Å². The average Bonchev–Trinajstić information content (AvgIpc) is 3.45. The quantitative estimate of drug-likeness (QED) is 0.412. The number of esters is 2. The maximum atomic E-state index is 12.6. The Labute approximate surface area is 167 Å². The van der Waals surface area contributed by atoms with E-state index in [9.17, 15) is 9.59 Å². The number of carbonyl (C=O) groups is 2. The molecule has 2 heterocycles. The maximum Gasteiger partial charge on any atom is 0.333 e. The van der Waals surface area contributed by atoms with E-state index in [2.05, 4.69) is 27.7 Å². The molecule has 1 aliphatic carbocycles. The van der Waals surface area contributed by atoms with Crippen molar-refractivity contribution in [2.24, 2.45) is 11.8 Å². The van der Waals surface area contributed by atoms with Crippen molar-refractivity contribution in [3.63, 3.8) is 0 Å². The van der Waals surface area contributed by atoms with Crippen molar-refractivity contribution >= 4 is 11.9 Å². The van der Waals surface area contributed by atoms with Crippen LogP contribution in [0.15, 0.2) is 11.6 Å². The number of hydrogen-bond acceptors (Lipinski definition) is 6. The van der Waals surface area contributed by atoms with Crippen molar-refractivity contribution in [1.29, 1.82) is 0 Å². The summed E-state index contributed by atoms with van der Waals surface area (Å²) in [6, 6.07) is 0. The first-order valence-electron chi connectivity index (χ1n) is 10.4. The molecule has 7 atom stereocenters. The van der Waals surface area contributed by atoms with E-state index in [4.69, 9.17) is 18.9 Å².